The molecule has 0 spiro atoms. The van der Waals surface area contributed by atoms with Gasteiger partial charge in [-0.05, 0) is 69.6 Å². The van der Waals surface area contributed by atoms with E-state index in [2.05, 4.69) is 65.1 Å². The van der Waals surface area contributed by atoms with Crippen molar-refractivity contribution in [1.82, 2.24) is 0 Å². The average Bonchev–Trinajstić information content (AvgIpc) is 2.71. The van der Waals surface area contributed by atoms with Crippen LogP contribution in [0.1, 0.15) is 11.1 Å². The minimum absolute atomic E-state index is 0.387. The SMILES string of the molecule is O=C(O)COc1ccc(SCC=C(c2ccccc2)c2cccc(I)c2)c(Cl)c1. The summed E-state index contributed by atoms with van der Waals surface area (Å²) in [6.45, 7) is -0.387. The number of hydrogen-bond acceptors (Lipinski definition) is 3. The Morgan fingerprint density at radius 2 is 1.79 bits per heavy atom. The van der Waals surface area contributed by atoms with Crippen LogP contribution in [0.4, 0.5) is 0 Å². The van der Waals surface area contributed by atoms with Crippen LogP contribution >= 0.6 is 46.0 Å². The summed E-state index contributed by atoms with van der Waals surface area (Å²) in [5.74, 6) is 0.167. The Morgan fingerprint density at radius 1 is 1.03 bits per heavy atom. The van der Waals surface area contributed by atoms with Gasteiger partial charge in [0.15, 0.2) is 6.61 Å². The quantitative estimate of drug-likeness (QED) is 0.259. The van der Waals surface area contributed by atoms with Crippen molar-refractivity contribution in [2.75, 3.05) is 12.4 Å². The number of carbonyl (C=O) groups is 1. The average molecular weight is 537 g/mol. The highest BCUT2D eigenvalue weighted by Gasteiger charge is 2.08. The molecule has 0 saturated carbocycles. The van der Waals surface area contributed by atoms with E-state index in [4.69, 9.17) is 21.4 Å². The number of carboxylic acids is 1. The number of aliphatic carboxylic acids is 1. The van der Waals surface area contributed by atoms with Crippen LogP contribution in [-0.4, -0.2) is 23.4 Å². The molecule has 6 heteroatoms. The summed E-state index contributed by atoms with van der Waals surface area (Å²) in [5.41, 5.74) is 3.51. The Hall–Kier alpha value is -1.96. The van der Waals surface area contributed by atoms with E-state index < -0.39 is 5.97 Å². The number of hydrogen-bond donors (Lipinski definition) is 1. The van der Waals surface area contributed by atoms with Crippen molar-refractivity contribution in [3.8, 4) is 5.75 Å². The highest BCUT2D eigenvalue weighted by atomic mass is 127. The van der Waals surface area contributed by atoms with Gasteiger partial charge in [-0.1, -0.05) is 60.1 Å². The summed E-state index contributed by atoms with van der Waals surface area (Å²) < 4.78 is 6.36. The van der Waals surface area contributed by atoms with E-state index in [1.54, 1.807) is 23.9 Å². The third-order valence-electron chi connectivity index (χ3n) is 4.01. The highest BCUT2D eigenvalue weighted by Crippen LogP contribution is 2.32. The van der Waals surface area contributed by atoms with Gasteiger partial charge in [-0.15, -0.1) is 11.8 Å². The van der Waals surface area contributed by atoms with Crippen molar-refractivity contribution < 1.29 is 14.6 Å². The van der Waals surface area contributed by atoms with Crippen LogP contribution < -0.4 is 4.74 Å². The van der Waals surface area contributed by atoms with E-state index in [-0.39, 0.29) is 6.61 Å². The fourth-order valence-electron chi connectivity index (χ4n) is 2.72. The van der Waals surface area contributed by atoms with E-state index in [1.165, 1.54) is 20.3 Å². The first-order chi connectivity index (χ1) is 14.0. The maximum atomic E-state index is 10.6. The van der Waals surface area contributed by atoms with Crippen LogP contribution in [0.3, 0.4) is 0 Å². The molecule has 0 amide bonds. The summed E-state index contributed by atoms with van der Waals surface area (Å²) >= 11 is 10.3. The Morgan fingerprint density at radius 3 is 2.48 bits per heavy atom. The topological polar surface area (TPSA) is 46.5 Å². The first-order valence-corrected chi connectivity index (χ1v) is 11.3. The Balaban J connectivity index is 1.77. The summed E-state index contributed by atoms with van der Waals surface area (Å²) in [4.78, 5) is 11.5. The van der Waals surface area contributed by atoms with Crippen molar-refractivity contribution in [3.63, 3.8) is 0 Å². The predicted molar refractivity (Wildman–Crippen MR) is 128 cm³/mol. The van der Waals surface area contributed by atoms with Gasteiger partial charge in [0, 0.05) is 14.2 Å². The number of benzene rings is 3. The lowest BCUT2D eigenvalue weighted by Gasteiger charge is -2.10. The minimum atomic E-state index is -1.02. The zero-order valence-electron chi connectivity index (χ0n) is 15.3. The molecule has 0 unspecified atom stereocenters. The Labute approximate surface area is 192 Å². The maximum Gasteiger partial charge on any atom is 0.341 e. The van der Waals surface area contributed by atoms with Crippen LogP contribution in [-0.2, 0) is 4.79 Å². The highest BCUT2D eigenvalue weighted by molar-refractivity contribution is 14.1. The molecule has 3 nitrogen and oxygen atoms in total. The zero-order valence-corrected chi connectivity index (χ0v) is 19.1. The third kappa shape index (κ3) is 6.52. The van der Waals surface area contributed by atoms with E-state index in [1.807, 2.05) is 24.3 Å². The van der Waals surface area contributed by atoms with Crippen molar-refractivity contribution in [2.45, 2.75) is 4.90 Å². The molecular weight excluding hydrogens is 519 g/mol. The zero-order chi connectivity index (χ0) is 20.6. The van der Waals surface area contributed by atoms with Crippen molar-refractivity contribution in [1.29, 1.82) is 0 Å². The first-order valence-electron chi connectivity index (χ1n) is 8.81. The molecular formula is C23H18ClIO3S. The third-order valence-corrected chi connectivity index (χ3v) is 6.11. The van der Waals surface area contributed by atoms with Crippen molar-refractivity contribution >= 4 is 57.5 Å². The van der Waals surface area contributed by atoms with E-state index >= 15 is 0 Å². The lowest BCUT2D eigenvalue weighted by molar-refractivity contribution is -0.139. The van der Waals surface area contributed by atoms with Crippen LogP contribution in [0, 0.1) is 3.57 Å². The van der Waals surface area contributed by atoms with Crippen molar-refractivity contribution in [3.05, 3.63) is 98.6 Å². The standard InChI is InChI=1S/C23H18ClIO3S/c24-21-14-19(28-15-23(26)27)9-10-22(21)29-12-11-20(16-5-2-1-3-6-16)17-7-4-8-18(25)13-17/h1-11,13-14H,12,15H2,(H,26,27). The molecule has 0 saturated heterocycles. The van der Waals surface area contributed by atoms with Gasteiger partial charge in [0.05, 0.1) is 5.02 Å². The molecule has 148 valence electrons. The second-order valence-corrected chi connectivity index (χ2v) is 8.79. The first kappa shape index (κ1) is 21.7. The lowest BCUT2D eigenvalue weighted by Crippen LogP contribution is -2.09. The van der Waals surface area contributed by atoms with Gasteiger partial charge in [0.25, 0.3) is 0 Å². The van der Waals surface area contributed by atoms with Gasteiger partial charge in [0.2, 0.25) is 0 Å². The summed E-state index contributed by atoms with van der Waals surface area (Å²) in [5, 5.41) is 9.25. The monoisotopic (exact) mass is 536 g/mol. The van der Waals surface area contributed by atoms with Crippen molar-refractivity contribution in [2.24, 2.45) is 0 Å². The molecule has 0 heterocycles. The Kier molecular flexibility index (Phi) is 8.03. The van der Waals surface area contributed by atoms with Crippen LogP contribution in [0.2, 0.25) is 5.02 Å². The van der Waals surface area contributed by atoms with Crippen LogP contribution in [0.5, 0.6) is 5.75 Å². The smallest absolute Gasteiger partial charge is 0.341 e. The largest absolute Gasteiger partial charge is 0.482 e. The maximum absolute atomic E-state index is 10.6. The molecule has 0 aliphatic carbocycles. The second-order valence-electron chi connectivity index (χ2n) is 6.08. The number of carboxylic acid groups (broad SMARTS) is 1. The van der Waals surface area contributed by atoms with Gasteiger partial charge in [-0.25, -0.2) is 4.79 Å². The van der Waals surface area contributed by atoms with E-state index in [0.717, 1.165) is 10.6 Å². The number of thioether (sulfide) groups is 1. The summed E-state index contributed by atoms with van der Waals surface area (Å²) in [6.07, 6.45) is 2.20. The normalized spacial score (nSPS) is 11.3. The fraction of sp³-hybridized carbons (Fsp3) is 0.0870. The number of ether oxygens (including phenoxy) is 1. The van der Waals surface area contributed by atoms with Crippen LogP contribution in [0.15, 0.2) is 83.8 Å². The summed E-state index contributed by atoms with van der Waals surface area (Å²) in [6, 6.07) is 24.0. The van der Waals surface area contributed by atoms with Gasteiger partial charge in [-0.2, -0.15) is 0 Å². The molecule has 3 rings (SSSR count). The molecule has 29 heavy (non-hydrogen) atoms. The van der Waals surface area contributed by atoms with Gasteiger partial charge in [-0.3, -0.25) is 0 Å². The predicted octanol–water partition coefficient (Wildman–Crippen LogP) is 6.63. The van der Waals surface area contributed by atoms with Gasteiger partial charge < -0.3 is 9.84 Å². The second kappa shape index (κ2) is 10.7. The molecule has 0 aliphatic heterocycles. The Bertz CT molecular complexity index is 1020. The van der Waals surface area contributed by atoms with E-state index in [9.17, 15) is 4.79 Å². The molecule has 0 aromatic heterocycles. The molecule has 0 radical (unpaired) electrons. The fourth-order valence-corrected chi connectivity index (χ4v) is 4.39. The molecule has 3 aromatic rings. The van der Waals surface area contributed by atoms with Gasteiger partial charge >= 0.3 is 5.97 Å². The van der Waals surface area contributed by atoms with Crippen LogP contribution in [0.25, 0.3) is 5.57 Å². The molecule has 0 bridgehead atoms. The number of halogens is 2. The molecule has 0 fully saturated rings. The van der Waals surface area contributed by atoms with Gasteiger partial charge in [0.1, 0.15) is 5.75 Å². The van der Waals surface area contributed by atoms with E-state index in [0.29, 0.717) is 10.8 Å². The molecule has 1 N–H and O–H groups in total. The molecule has 3 aromatic carbocycles. The summed E-state index contributed by atoms with van der Waals surface area (Å²) in [7, 11) is 0. The number of rotatable bonds is 8. The lowest BCUT2D eigenvalue weighted by atomic mass is 9.98. The molecule has 0 atom stereocenters. The minimum Gasteiger partial charge on any atom is -0.482 e. The molecule has 0 aliphatic rings.